The predicted molar refractivity (Wildman–Crippen MR) is 99.9 cm³/mol. The highest BCUT2D eigenvalue weighted by Gasteiger charge is 2.22. The second kappa shape index (κ2) is 6.80. The Balaban J connectivity index is 1.76. The second-order valence-electron chi connectivity index (χ2n) is 6.00. The first-order chi connectivity index (χ1) is 12.7. The molecule has 0 spiro atoms. The quantitative estimate of drug-likeness (QED) is 0.552. The molecule has 0 saturated heterocycles. The zero-order valence-electron chi connectivity index (χ0n) is 14.3. The summed E-state index contributed by atoms with van der Waals surface area (Å²) in [4.78, 5) is 23.8. The third kappa shape index (κ3) is 3.07. The molecule has 26 heavy (non-hydrogen) atoms. The molecular weight excluding hydrogens is 326 g/mol. The Bertz CT molecular complexity index is 1060. The summed E-state index contributed by atoms with van der Waals surface area (Å²) >= 11 is 0. The Morgan fingerprint density at radius 2 is 1.77 bits per heavy atom. The number of aryl methyl sites for hydroxylation is 1. The number of para-hydroxylation sites is 3. The van der Waals surface area contributed by atoms with Crippen LogP contribution in [0.15, 0.2) is 77.5 Å². The molecule has 0 N–H and O–H groups in total. The standard InChI is InChI=1S/C21H17N3O2/c1-15-7-2-5-11-20(15)24(14-16-8-6-12-26-16)21(25)19-13-22-17-9-3-4-10-18(17)23-19/h2-13H,14H2,1H3. The lowest BCUT2D eigenvalue weighted by Crippen LogP contribution is -2.31. The molecule has 2 aromatic heterocycles. The molecule has 0 radical (unpaired) electrons. The third-order valence-corrected chi connectivity index (χ3v) is 4.21. The molecule has 4 aromatic rings. The lowest BCUT2D eigenvalue weighted by molar-refractivity contribution is 0.0978. The van der Waals surface area contributed by atoms with E-state index in [0.29, 0.717) is 23.5 Å². The smallest absolute Gasteiger partial charge is 0.278 e. The minimum atomic E-state index is -0.214. The molecule has 2 heterocycles. The van der Waals surface area contributed by atoms with Gasteiger partial charge in [-0.05, 0) is 42.8 Å². The Hall–Kier alpha value is -3.47. The number of aromatic nitrogens is 2. The lowest BCUT2D eigenvalue weighted by atomic mass is 10.1. The van der Waals surface area contributed by atoms with Crippen molar-refractivity contribution >= 4 is 22.6 Å². The van der Waals surface area contributed by atoms with Gasteiger partial charge in [0, 0.05) is 5.69 Å². The highest BCUT2D eigenvalue weighted by Crippen LogP contribution is 2.24. The maximum atomic E-state index is 13.2. The van der Waals surface area contributed by atoms with Crippen LogP contribution in [0.5, 0.6) is 0 Å². The molecule has 1 amide bonds. The summed E-state index contributed by atoms with van der Waals surface area (Å²) in [5, 5.41) is 0. The topological polar surface area (TPSA) is 59.2 Å². The predicted octanol–water partition coefficient (Wildman–Crippen LogP) is 4.38. The number of rotatable bonds is 4. The van der Waals surface area contributed by atoms with E-state index in [9.17, 15) is 4.79 Å². The summed E-state index contributed by atoms with van der Waals surface area (Å²) in [5.41, 5.74) is 3.59. The van der Waals surface area contributed by atoms with Gasteiger partial charge in [0.05, 0.1) is 30.0 Å². The van der Waals surface area contributed by atoms with E-state index < -0.39 is 0 Å². The Kier molecular flexibility index (Phi) is 4.19. The number of benzene rings is 2. The zero-order valence-corrected chi connectivity index (χ0v) is 14.3. The maximum absolute atomic E-state index is 13.2. The maximum Gasteiger partial charge on any atom is 0.278 e. The lowest BCUT2D eigenvalue weighted by Gasteiger charge is -2.23. The van der Waals surface area contributed by atoms with Crippen LogP contribution in [0.2, 0.25) is 0 Å². The van der Waals surface area contributed by atoms with Crippen molar-refractivity contribution in [1.29, 1.82) is 0 Å². The Morgan fingerprint density at radius 1 is 1.00 bits per heavy atom. The van der Waals surface area contributed by atoms with Crippen LogP contribution in [0, 0.1) is 6.92 Å². The minimum absolute atomic E-state index is 0.214. The van der Waals surface area contributed by atoms with E-state index in [1.165, 1.54) is 6.20 Å². The van der Waals surface area contributed by atoms with Gasteiger partial charge in [-0.15, -0.1) is 0 Å². The van der Waals surface area contributed by atoms with Gasteiger partial charge in [-0.2, -0.15) is 0 Å². The fourth-order valence-corrected chi connectivity index (χ4v) is 2.89. The number of anilines is 1. The van der Waals surface area contributed by atoms with Gasteiger partial charge >= 0.3 is 0 Å². The van der Waals surface area contributed by atoms with Crippen molar-refractivity contribution in [2.75, 3.05) is 4.90 Å². The van der Waals surface area contributed by atoms with Gasteiger partial charge in [-0.3, -0.25) is 14.7 Å². The van der Waals surface area contributed by atoms with Gasteiger partial charge in [-0.1, -0.05) is 30.3 Å². The summed E-state index contributed by atoms with van der Waals surface area (Å²) in [6.07, 6.45) is 3.13. The largest absolute Gasteiger partial charge is 0.467 e. The molecule has 5 heteroatoms. The third-order valence-electron chi connectivity index (χ3n) is 4.21. The van der Waals surface area contributed by atoms with E-state index in [1.807, 2.05) is 67.6 Å². The van der Waals surface area contributed by atoms with Gasteiger partial charge in [-0.25, -0.2) is 4.98 Å². The SMILES string of the molecule is Cc1ccccc1N(Cc1ccco1)C(=O)c1cnc2ccccc2n1. The van der Waals surface area contributed by atoms with Gasteiger partial charge in [0.2, 0.25) is 0 Å². The van der Waals surface area contributed by atoms with Crippen LogP contribution in [-0.4, -0.2) is 15.9 Å². The van der Waals surface area contributed by atoms with Crippen LogP contribution < -0.4 is 4.90 Å². The van der Waals surface area contributed by atoms with Crippen LogP contribution in [0.1, 0.15) is 21.8 Å². The van der Waals surface area contributed by atoms with Crippen LogP contribution in [0.4, 0.5) is 5.69 Å². The first-order valence-corrected chi connectivity index (χ1v) is 8.34. The molecule has 0 saturated carbocycles. The van der Waals surface area contributed by atoms with Crippen LogP contribution in [0.25, 0.3) is 11.0 Å². The molecule has 0 fully saturated rings. The molecular formula is C21H17N3O2. The molecule has 128 valence electrons. The average Bonchev–Trinajstić information content (AvgIpc) is 3.19. The molecule has 4 rings (SSSR count). The highest BCUT2D eigenvalue weighted by molar-refractivity contribution is 6.05. The van der Waals surface area contributed by atoms with Crippen molar-refractivity contribution in [2.24, 2.45) is 0 Å². The Morgan fingerprint density at radius 3 is 2.54 bits per heavy atom. The summed E-state index contributed by atoms with van der Waals surface area (Å²) < 4.78 is 5.45. The number of hydrogen-bond donors (Lipinski definition) is 0. The van der Waals surface area contributed by atoms with Crippen LogP contribution in [0.3, 0.4) is 0 Å². The van der Waals surface area contributed by atoms with Crippen molar-refractivity contribution < 1.29 is 9.21 Å². The van der Waals surface area contributed by atoms with Crippen molar-refractivity contribution in [3.8, 4) is 0 Å². The van der Waals surface area contributed by atoms with Crippen molar-refractivity contribution in [3.63, 3.8) is 0 Å². The average molecular weight is 343 g/mol. The summed E-state index contributed by atoms with van der Waals surface area (Å²) in [7, 11) is 0. The monoisotopic (exact) mass is 343 g/mol. The first kappa shape index (κ1) is 16.0. The molecule has 0 bridgehead atoms. The van der Waals surface area contributed by atoms with Crippen LogP contribution in [-0.2, 0) is 6.54 Å². The van der Waals surface area contributed by atoms with Gasteiger partial charge in [0.1, 0.15) is 11.5 Å². The highest BCUT2D eigenvalue weighted by atomic mass is 16.3. The molecule has 0 aliphatic rings. The molecule has 0 aliphatic heterocycles. The molecule has 5 nitrogen and oxygen atoms in total. The zero-order chi connectivity index (χ0) is 17.9. The van der Waals surface area contributed by atoms with E-state index in [4.69, 9.17) is 4.42 Å². The normalized spacial score (nSPS) is 10.8. The van der Waals surface area contributed by atoms with Gasteiger partial charge in [0.15, 0.2) is 0 Å². The number of carbonyl (C=O) groups is 1. The number of furan rings is 1. The first-order valence-electron chi connectivity index (χ1n) is 8.34. The van der Waals surface area contributed by atoms with Crippen LogP contribution >= 0.6 is 0 Å². The number of hydrogen-bond acceptors (Lipinski definition) is 4. The van der Waals surface area contributed by atoms with Crippen molar-refractivity contribution in [2.45, 2.75) is 13.5 Å². The number of fused-ring (bicyclic) bond motifs is 1. The van der Waals surface area contributed by atoms with E-state index >= 15 is 0 Å². The summed E-state index contributed by atoms with van der Waals surface area (Å²) in [6, 6.07) is 18.9. The van der Waals surface area contributed by atoms with E-state index in [-0.39, 0.29) is 5.91 Å². The number of nitrogens with zero attached hydrogens (tertiary/aromatic N) is 3. The fourth-order valence-electron chi connectivity index (χ4n) is 2.89. The minimum Gasteiger partial charge on any atom is -0.467 e. The molecule has 0 atom stereocenters. The molecule has 2 aromatic carbocycles. The second-order valence-corrected chi connectivity index (χ2v) is 6.00. The number of amides is 1. The van der Waals surface area contributed by atoms with Crippen molar-refractivity contribution in [3.05, 3.63) is 90.1 Å². The Labute approximate surface area is 150 Å². The van der Waals surface area contributed by atoms with E-state index in [1.54, 1.807) is 11.2 Å². The number of carbonyl (C=O) groups excluding carboxylic acids is 1. The summed E-state index contributed by atoms with van der Waals surface area (Å²) in [5.74, 6) is 0.490. The van der Waals surface area contributed by atoms with Crippen molar-refractivity contribution in [1.82, 2.24) is 9.97 Å². The molecule has 0 unspecified atom stereocenters. The van der Waals surface area contributed by atoms with Gasteiger partial charge < -0.3 is 4.42 Å². The molecule has 0 aliphatic carbocycles. The van der Waals surface area contributed by atoms with E-state index in [2.05, 4.69) is 9.97 Å². The fraction of sp³-hybridized carbons (Fsp3) is 0.0952. The van der Waals surface area contributed by atoms with Gasteiger partial charge in [0.25, 0.3) is 5.91 Å². The van der Waals surface area contributed by atoms with E-state index in [0.717, 1.165) is 16.8 Å². The summed E-state index contributed by atoms with van der Waals surface area (Å²) in [6.45, 7) is 2.30.